The van der Waals surface area contributed by atoms with Gasteiger partial charge in [-0.3, -0.25) is 0 Å². The molecule has 0 aliphatic carbocycles. The first-order valence-electron chi connectivity index (χ1n) is 4.14. The number of aromatic nitrogens is 1. The first-order valence-corrected chi connectivity index (χ1v) is 5.39. The first kappa shape index (κ1) is 9.49. The van der Waals surface area contributed by atoms with Gasteiger partial charge in [0.25, 0.3) is 0 Å². The molecule has 0 aromatic carbocycles. The number of nitrogens with zero attached hydrogens (tertiary/aromatic N) is 1. The Morgan fingerprint density at radius 3 is 2.93 bits per heavy atom. The zero-order chi connectivity index (χ0) is 10.1. The fourth-order valence-electron chi connectivity index (χ4n) is 1.25. The van der Waals surface area contributed by atoms with Gasteiger partial charge in [-0.05, 0) is 30.0 Å². The standard InChI is InChI=1S/C10H9ClN2S/c1-6-4-7(10(12)13-5-6)9-8(11)2-3-14-9/h2-5H,1H3,(H2,12,13). The first-order chi connectivity index (χ1) is 6.68. The third kappa shape index (κ3) is 1.61. The van der Waals surface area contributed by atoms with Crippen molar-refractivity contribution in [2.75, 3.05) is 5.73 Å². The number of anilines is 1. The van der Waals surface area contributed by atoms with Crippen molar-refractivity contribution in [1.82, 2.24) is 4.98 Å². The highest BCUT2D eigenvalue weighted by Crippen LogP contribution is 2.35. The Kier molecular flexibility index (Phi) is 2.44. The van der Waals surface area contributed by atoms with E-state index >= 15 is 0 Å². The molecule has 0 aliphatic rings. The lowest BCUT2D eigenvalue weighted by Gasteiger charge is -2.03. The molecule has 0 saturated heterocycles. The molecule has 0 saturated carbocycles. The number of aryl methyl sites for hydroxylation is 1. The Hall–Kier alpha value is -1.06. The highest BCUT2D eigenvalue weighted by Gasteiger charge is 2.09. The third-order valence-electron chi connectivity index (χ3n) is 1.92. The molecule has 0 bridgehead atoms. The quantitative estimate of drug-likeness (QED) is 0.807. The molecule has 72 valence electrons. The van der Waals surface area contributed by atoms with Crippen LogP contribution in [0.1, 0.15) is 5.56 Å². The number of nitrogens with two attached hydrogens (primary N) is 1. The lowest BCUT2D eigenvalue weighted by Crippen LogP contribution is -1.93. The van der Waals surface area contributed by atoms with Crippen LogP contribution in [0.3, 0.4) is 0 Å². The van der Waals surface area contributed by atoms with Crippen LogP contribution in [0.25, 0.3) is 10.4 Å². The summed E-state index contributed by atoms with van der Waals surface area (Å²) in [5.41, 5.74) is 7.79. The third-order valence-corrected chi connectivity index (χ3v) is 3.29. The van der Waals surface area contributed by atoms with Crippen LogP contribution in [0, 0.1) is 6.92 Å². The average molecular weight is 225 g/mol. The molecule has 0 atom stereocenters. The normalized spacial score (nSPS) is 10.4. The molecule has 4 heteroatoms. The summed E-state index contributed by atoms with van der Waals surface area (Å²) in [4.78, 5) is 5.09. The highest BCUT2D eigenvalue weighted by molar-refractivity contribution is 7.14. The smallest absolute Gasteiger partial charge is 0.132 e. The lowest BCUT2D eigenvalue weighted by atomic mass is 10.2. The Labute approximate surface area is 91.4 Å². The fraction of sp³-hybridized carbons (Fsp3) is 0.100. The van der Waals surface area contributed by atoms with Crippen LogP contribution in [-0.4, -0.2) is 4.98 Å². The molecule has 0 unspecified atom stereocenters. The summed E-state index contributed by atoms with van der Waals surface area (Å²) < 4.78 is 0. The number of hydrogen-bond donors (Lipinski definition) is 1. The number of halogens is 1. The molecule has 2 aromatic rings. The zero-order valence-corrected chi connectivity index (χ0v) is 9.19. The zero-order valence-electron chi connectivity index (χ0n) is 7.62. The van der Waals surface area contributed by atoms with Gasteiger partial charge in [-0.2, -0.15) is 0 Å². The van der Waals surface area contributed by atoms with Gasteiger partial charge >= 0.3 is 0 Å². The summed E-state index contributed by atoms with van der Waals surface area (Å²) in [7, 11) is 0. The SMILES string of the molecule is Cc1cnc(N)c(-c2sccc2Cl)c1. The predicted molar refractivity (Wildman–Crippen MR) is 61.7 cm³/mol. The van der Waals surface area contributed by atoms with Crippen molar-refractivity contribution >= 4 is 28.8 Å². The summed E-state index contributed by atoms with van der Waals surface area (Å²) in [6.07, 6.45) is 1.75. The maximum absolute atomic E-state index is 6.03. The monoisotopic (exact) mass is 224 g/mol. The molecular formula is C10H9ClN2S. The van der Waals surface area contributed by atoms with Gasteiger partial charge in [-0.15, -0.1) is 11.3 Å². The van der Waals surface area contributed by atoms with Crippen LogP contribution >= 0.6 is 22.9 Å². The Balaban J connectivity index is 2.62. The van der Waals surface area contributed by atoms with Gasteiger partial charge in [-0.1, -0.05) is 11.6 Å². The average Bonchev–Trinajstić information content (AvgIpc) is 2.56. The van der Waals surface area contributed by atoms with E-state index in [-0.39, 0.29) is 0 Å². The van der Waals surface area contributed by atoms with E-state index in [0.717, 1.165) is 21.0 Å². The number of thiophene rings is 1. The second-order valence-corrected chi connectivity index (χ2v) is 4.37. The van der Waals surface area contributed by atoms with Crippen LogP contribution in [0.15, 0.2) is 23.7 Å². The molecule has 0 amide bonds. The lowest BCUT2D eigenvalue weighted by molar-refractivity contribution is 1.28. The summed E-state index contributed by atoms with van der Waals surface area (Å²) in [6, 6.07) is 3.86. The van der Waals surface area contributed by atoms with Crippen molar-refractivity contribution in [2.45, 2.75) is 6.92 Å². The molecule has 0 aliphatic heterocycles. The van der Waals surface area contributed by atoms with Crippen molar-refractivity contribution < 1.29 is 0 Å². The van der Waals surface area contributed by atoms with E-state index in [9.17, 15) is 0 Å². The van der Waals surface area contributed by atoms with Crippen LogP contribution in [0.2, 0.25) is 5.02 Å². The maximum atomic E-state index is 6.03. The van der Waals surface area contributed by atoms with Gasteiger partial charge in [0.15, 0.2) is 0 Å². The Morgan fingerprint density at radius 1 is 1.50 bits per heavy atom. The molecule has 2 rings (SSSR count). The molecule has 0 radical (unpaired) electrons. The number of hydrogen-bond acceptors (Lipinski definition) is 3. The van der Waals surface area contributed by atoms with E-state index in [4.69, 9.17) is 17.3 Å². The van der Waals surface area contributed by atoms with Gasteiger partial charge in [0.2, 0.25) is 0 Å². The summed E-state index contributed by atoms with van der Waals surface area (Å²) in [6.45, 7) is 1.98. The van der Waals surface area contributed by atoms with E-state index in [2.05, 4.69) is 4.98 Å². The maximum Gasteiger partial charge on any atom is 0.132 e. The largest absolute Gasteiger partial charge is 0.383 e. The van der Waals surface area contributed by atoms with E-state index in [0.29, 0.717) is 5.82 Å². The van der Waals surface area contributed by atoms with E-state index in [1.807, 2.05) is 24.4 Å². The van der Waals surface area contributed by atoms with Crippen LogP contribution in [0.5, 0.6) is 0 Å². The van der Waals surface area contributed by atoms with Crippen molar-refractivity contribution in [3.63, 3.8) is 0 Å². The van der Waals surface area contributed by atoms with Crippen molar-refractivity contribution in [3.8, 4) is 10.4 Å². The van der Waals surface area contributed by atoms with Gasteiger partial charge in [-0.25, -0.2) is 4.98 Å². The predicted octanol–water partition coefficient (Wildman–Crippen LogP) is 3.35. The fourth-order valence-corrected chi connectivity index (χ4v) is 2.43. The molecule has 0 spiro atoms. The van der Waals surface area contributed by atoms with E-state index in [1.54, 1.807) is 17.5 Å². The minimum Gasteiger partial charge on any atom is -0.383 e. The van der Waals surface area contributed by atoms with Gasteiger partial charge in [0.05, 0.1) is 9.90 Å². The molecular weight excluding hydrogens is 216 g/mol. The van der Waals surface area contributed by atoms with E-state index < -0.39 is 0 Å². The van der Waals surface area contributed by atoms with Gasteiger partial charge in [0.1, 0.15) is 5.82 Å². The van der Waals surface area contributed by atoms with Crippen LogP contribution < -0.4 is 5.73 Å². The second-order valence-electron chi connectivity index (χ2n) is 3.04. The Morgan fingerprint density at radius 2 is 2.29 bits per heavy atom. The van der Waals surface area contributed by atoms with Crippen molar-refractivity contribution in [1.29, 1.82) is 0 Å². The van der Waals surface area contributed by atoms with Crippen molar-refractivity contribution in [3.05, 3.63) is 34.3 Å². The number of pyridine rings is 1. The van der Waals surface area contributed by atoms with Gasteiger partial charge < -0.3 is 5.73 Å². The molecule has 2 N–H and O–H groups in total. The topological polar surface area (TPSA) is 38.9 Å². The molecule has 2 aromatic heterocycles. The molecule has 2 nitrogen and oxygen atoms in total. The summed E-state index contributed by atoms with van der Waals surface area (Å²) in [5, 5.41) is 2.67. The molecule has 0 fully saturated rings. The summed E-state index contributed by atoms with van der Waals surface area (Å²) in [5.74, 6) is 0.528. The van der Waals surface area contributed by atoms with Crippen molar-refractivity contribution in [2.24, 2.45) is 0 Å². The molecule has 14 heavy (non-hydrogen) atoms. The summed E-state index contributed by atoms with van der Waals surface area (Å²) >= 11 is 7.60. The van der Waals surface area contributed by atoms with Crippen LogP contribution in [0.4, 0.5) is 5.82 Å². The minimum absolute atomic E-state index is 0.528. The Bertz CT molecular complexity index is 465. The van der Waals surface area contributed by atoms with E-state index in [1.165, 1.54) is 0 Å². The second kappa shape index (κ2) is 3.59. The minimum atomic E-state index is 0.528. The van der Waals surface area contributed by atoms with Crippen LogP contribution in [-0.2, 0) is 0 Å². The number of rotatable bonds is 1. The van der Waals surface area contributed by atoms with Gasteiger partial charge in [0, 0.05) is 11.8 Å². The number of nitrogen functional groups attached to an aromatic ring is 1. The molecule has 2 heterocycles. The highest BCUT2D eigenvalue weighted by atomic mass is 35.5.